The molecule has 266 valence electrons. The summed E-state index contributed by atoms with van der Waals surface area (Å²) in [5.74, 6) is 0. The summed E-state index contributed by atoms with van der Waals surface area (Å²) < 4.78 is 7.48. The maximum absolute atomic E-state index is 2.47. The zero-order valence-electron chi connectivity index (χ0n) is 30.9. The van der Waals surface area contributed by atoms with Crippen LogP contribution in [0.25, 0.3) is 109 Å². The van der Waals surface area contributed by atoms with Crippen molar-refractivity contribution < 1.29 is 0 Å². The summed E-state index contributed by atoms with van der Waals surface area (Å²) in [6.07, 6.45) is 0. The molecule has 9 aromatic carbocycles. The summed E-state index contributed by atoms with van der Waals surface area (Å²) in [5.41, 5.74) is 14.5. The molecule has 12 aromatic rings. The highest BCUT2D eigenvalue weighted by Gasteiger charge is 2.19. The van der Waals surface area contributed by atoms with E-state index in [-0.39, 0.29) is 0 Å². The fourth-order valence-corrected chi connectivity index (χ4v) is 10.3. The monoisotopic (exact) mass is 742 g/mol. The summed E-state index contributed by atoms with van der Waals surface area (Å²) in [4.78, 5) is 0. The van der Waals surface area contributed by atoms with E-state index in [0.29, 0.717) is 0 Å². The predicted octanol–water partition coefficient (Wildman–Crippen LogP) is 15.2. The van der Waals surface area contributed by atoms with Crippen LogP contribution in [-0.4, -0.2) is 9.13 Å². The molecule has 0 aliphatic carbocycles. The van der Waals surface area contributed by atoms with Crippen LogP contribution in [0, 0.1) is 0 Å². The Bertz CT molecular complexity index is 3510. The molecule has 57 heavy (non-hydrogen) atoms. The van der Waals surface area contributed by atoms with Gasteiger partial charge in [0, 0.05) is 58.7 Å². The Morgan fingerprint density at radius 1 is 0.281 bits per heavy atom. The first-order valence-corrected chi connectivity index (χ1v) is 20.3. The lowest BCUT2D eigenvalue weighted by molar-refractivity contribution is 1.18. The van der Waals surface area contributed by atoms with Crippen molar-refractivity contribution in [2.75, 3.05) is 0 Å². The smallest absolute Gasteiger partial charge is 0.0541 e. The Labute approximate surface area is 333 Å². The molecule has 0 atom stereocenters. The normalized spacial score (nSPS) is 11.9. The minimum Gasteiger partial charge on any atom is -0.309 e. The van der Waals surface area contributed by atoms with E-state index < -0.39 is 0 Å². The van der Waals surface area contributed by atoms with Crippen LogP contribution in [0.3, 0.4) is 0 Å². The number of fused-ring (bicyclic) bond motifs is 9. The SMILES string of the molecule is c1ccc(-c2cccc(-c3cc(-n4c5ccccc5c5cc(-c6ccc7c(c6)c6ccccc6n7-c6ccccc6)ccc54)cc4c3sc3ccccc34)c2)cc1. The highest BCUT2D eigenvalue weighted by Crippen LogP contribution is 2.44. The van der Waals surface area contributed by atoms with E-state index in [9.17, 15) is 0 Å². The zero-order chi connectivity index (χ0) is 37.5. The van der Waals surface area contributed by atoms with Gasteiger partial charge in [0.25, 0.3) is 0 Å². The molecule has 0 amide bonds. The number of para-hydroxylation sites is 3. The maximum atomic E-state index is 2.47. The average Bonchev–Trinajstić information content (AvgIpc) is 3.94. The molecule has 0 unspecified atom stereocenters. The Balaban J connectivity index is 1.06. The summed E-state index contributed by atoms with van der Waals surface area (Å²) >= 11 is 1.89. The summed E-state index contributed by atoms with van der Waals surface area (Å²) in [6, 6.07) is 75.7. The molecule has 0 saturated carbocycles. The van der Waals surface area contributed by atoms with E-state index in [4.69, 9.17) is 0 Å². The van der Waals surface area contributed by atoms with Crippen molar-refractivity contribution in [1.29, 1.82) is 0 Å². The summed E-state index contributed by atoms with van der Waals surface area (Å²) in [5, 5.41) is 7.61. The van der Waals surface area contributed by atoms with Crippen molar-refractivity contribution >= 4 is 75.1 Å². The highest BCUT2D eigenvalue weighted by atomic mass is 32.1. The molecule has 12 rings (SSSR count). The summed E-state index contributed by atoms with van der Waals surface area (Å²) in [7, 11) is 0. The van der Waals surface area contributed by atoms with Gasteiger partial charge in [-0.3, -0.25) is 0 Å². The molecule has 0 aliphatic rings. The van der Waals surface area contributed by atoms with Crippen LogP contribution in [0.2, 0.25) is 0 Å². The lowest BCUT2D eigenvalue weighted by atomic mass is 9.97. The van der Waals surface area contributed by atoms with Crippen molar-refractivity contribution in [1.82, 2.24) is 9.13 Å². The van der Waals surface area contributed by atoms with Gasteiger partial charge >= 0.3 is 0 Å². The van der Waals surface area contributed by atoms with Gasteiger partial charge in [0.2, 0.25) is 0 Å². The van der Waals surface area contributed by atoms with E-state index in [1.807, 2.05) is 11.3 Å². The van der Waals surface area contributed by atoms with Gasteiger partial charge in [0.15, 0.2) is 0 Å². The maximum Gasteiger partial charge on any atom is 0.0541 e. The third kappa shape index (κ3) is 5.03. The largest absolute Gasteiger partial charge is 0.309 e. The van der Waals surface area contributed by atoms with Crippen molar-refractivity contribution in [2.24, 2.45) is 0 Å². The van der Waals surface area contributed by atoms with Crippen LogP contribution in [-0.2, 0) is 0 Å². The Morgan fingerprint density at radius 3 is 1.47 bits per heavy atom. The van der Waals surface area contributed by atoms with Crippen molar-refractivity contribution in [3.05, 3.63) is 206 Å². The Morgan fingerprint density at radius 2 is 0.789 bits per heavy atom. The molecule has 0 spiro atoms. The van der Waals surface area contributed by atoms with E-state index >= 15 is 0 Å². The quantitative estimate of drug-likeness (QED) is 0.166. The minimum absolute atomic E-state index is 1.17. The molecule has 0 saturated heterocycles. The molecule has 3 heterocycles. The first kappa shape index (κ1) is 32.1. The second-order valence-electron chi connectivity index (χ2n) is 14.9. The minimum atomic E-state index is 1.17. The molecular weight excluding hydrogens is 709 g/mol. The fourth-order valence-electron chi connectivity index (χ4n) is 9.09. The molecule has 0 N–H and O–H groups in total. The highest BCUT2D eigenvalue weighted by molar-refractivity contribution is 7.26. The van der Waals surface area contributed by atoms with E-state index in [2.05, 4.69) is 215 Å². The number of aromatic nitrogens is 2. The van der Waals surface area contributed by atoms with Crippen molar-refractivity contribution in [3.63, 3.8) is 0 Å². The predicted molar refractivity (Wildman–Crippen MR) is 244 cm³/mol. The van der Waals surface area contributed by atoms with Crippen LogP contribution in [0.4, 0.5) is 0 Å². The van der Waals surface area contributed by atoms with E-state index in [1.54, 1.807) is 0 Å². The number of thiophene rings is 1. The van der Waals surface area contributed by atoms with Crippen LogP contribution in [0.15, 0.2) is 206 Å². The molecule has 3 aromatic heterocycles. The van der Waals surface area contributed by atoms with E-state index in [0.717, 1.165) is 0 Å². The van der Waals surface area contributed by atoms with Crippen LogP contribution < -0.4 is 0 Å². The van der Waals surface area contributed by atoms with Crippen molar-refractivity contribution in [2.45, 2.75) is 0 Å². The van der Waals surface area contributed by atoms with Gasteiger partial charge in [-0.2, -0.15) is 0 Å². The van der Waals surface area contributed by atoms with Crippen LogP contribution in [0.1, 0.15) is 0 Å². The first-order chi connectivity index (χ1) is 28.3. The fraction of sp³-hybridized carbons (Fsp3) is 0. The number of rotatable bonds is 5. The standard InChI is InChI=1S/C54H34N2S/c1-3-14-35(15-4-1)36-16-13-17-39(30-36)45-33-41(34-48-44-22-9-12-25-53(44)57-54(45)48)56-50-24-11-8-21-43(50)47-32-38(27-29-52(47)56)37-26-28-51-46(31-37)42-20-7-10-23-49(42)55(51)40-18-5-2-6-19-40/h1-34H. The third-order valence-corrected chi connectivity index (χ3v) is 12.9. The van der Waals surface area contributed by atoms with Crippen LogP contribution in [0.5, 0.6) is 0 Å². The van der Waals surface area contributed by atoms with Gasteiger partial charge in [-0.15, -0.1) is 11.3 Å². The van der Waals surface area contributed by atoms with Crippen LogP contribution >= 0.6 is 11.3 Å². The average molecular weight is 743 g/mol. The number of nitrogens with zero attached hydrogens (tertiary/aromatic N) is 2. The Kier molecular flexibility index (Phi) is 7.13. The number of benzene rings is 9. The third-order valence-electron chi connectivity index (χ3n) is 11.7. The van der Waals surface area contributed by atoms with Gasteiger partial charge in [-0.25, -0.2) is 0 Å². The van der Waals surface area contributed by atoms with Gasteiger partial charge < -0.3 is 9.13 Å². The molecule has 0 fully saturated rings. The number of hydrogen-bond acceptors (Lipinski definition) is 1. The summed E-state index contributed by atoms with van der Waals surface area (Å²) in [6.45, 7) is 0. The molecular formula is C54H34N2S. The molecule has 0 aliphatic heterocycles. The van der Waals surface area contributed by atoms with Gasteiger partial charge in [0.05, 0.1) is 22.1 Å². The lowest BCUT2D eigenvalue weighted by Gasteiger charge is -2.13. The first-order valence-electron chi connectivity index (χ1n) is 19.5. The van der Waals surface area contributed by atoms with Gasteiger partial charge in [-0.1, -0.05) is 133 Å². The molecule has 0 radical (unpaired) electrons. The van der Waals surface area contributed by atoms with Gasteiger partial charge in [0.1, 0.15) is 0 Å². The van der Waals surface area contributed by atoms with Crippen molar-refractivity contribution in [3.8, 4) is 44.8 Å². The Hall–Kier alpha value is -7.20. The van der Waals surface area contributed by atoms with Gasteiger partial charge in [-0.05, 0) is 101 Å². The lowest BCUT2D eigenvalue weighted by Crippen LogP contribution is -1.95. The number of hydrogen-bond donors (Lipinski definition) is 0. The zero-order valence-corrected chi connectivity index (χ0v) is 31.7. The second kappa shape index (κ2) is 12.7. The molecule has 0 bridgehead atoms. The second-order valence-corrected chi connectivity index (χ2v) is 16.0. The van der Waals surface area contributed by atoms with E-state index in [1.165, 1.54) is 109 Å². The topological polar surface area (TPSA) is 9.86 Å². The molecule has 3 heteroatoms. The molecule has 2 nitrogen and oxygen atoms in total.